The van der Waals surface area contributed by atoms with Crippen LogP contribution in [0.3, 0.4) is 0 Å². The second-order valence-corrected chi connectivity index (χ2v) is 7.43. The highest BCUT2D eigenvalue weighted by molar-refractivity contribution is 6.30. The lowest BCUT2D eigenvalue weighted by Gasteiger charge is -2.34. The molecule has 0 saturated carbocycles. The predicted molar refractivity (Wildman–Crippen MR) is 115 cm³/mol. The van der Waals surface area contributed by atoms with Crippen LogP contribution >= 0.6 is 11.6 Å². The molecule has 1 saturated heterocycles. The topological polar surface area (TPSA) is 107 Å². The summed E-state index contributed by atoms with van der Waals surface area (Å²) in [5, 5.41) is 15.5. The van der Waals surface area contributed by atoms with Crippen molar-refractivity contribution in [2.24, 2.45) is 0 Å². The molecule has 8 nitrogen and oxygen atoms in total. The highest BCUT2D eigenvalue weighted by Crippen LogP contribution is 2.14. The Morgan fingerprint density at radius 2 is 1.45 bits per heavy atom. The lowest BCUT2D eigenvalue weighted by Crippen LogP contribution is -2.49. The molecule has 1 heterocycles. The molecule has 2 N–H and O–H groups in total. The van der Waals surface area contributed by atoms with E-state index in [1.165, 1.54) is 11.1 Å². The first-order chi connectivity index (χ1) is 14.7. The van der Waals surface area contributed by atoms with E-state index in [2.05, 4.69) is 17.0 Å². The minimum Gasteiger partial charge on any atom is -0.484 e. The van der Waals surface area contributed by atoms with Crippen molar-refractivity contribution in [2.45, 2.75) is 13.5 Å². The molecule has 31 heavy (non-hydrogen) atoms. The minimum absolute atomic E-state index is 0.0479. The van der Waals surface area contributed by atoms with Gasteiger partial charge >= 0.3 is 11.9 Å². The highest BCUT2D eigenvalue weighted by Gasteiger charge is 2.21. The highest BCUT2D eigenvalue weighted by atomic mass is 35.5. The number of aryl methyl sites for hydroxylation is 1. The third-order valence-electron chi connectivity index (χ3n) is 4.61. The predicted octanol–water partition coefficient (Wildman–Crippen LogP) is 2.53. The lowest BCUT2D eigenvalue weighted by atomic mass is 10.2. The number of aliphatic carboxylic acids is 2. The molecule has 1 aliphatic rings. The molecule has 1 amide bonds. The molecule has 2 aromatic rings. The number of carbonyl (C=O) groups excluding carboxylic acids is 1. The Labute approximate surface area is 185 Å². The van der Waals surface area contributed by atoms with E-state index in [1.54, 1.807) is 0 Å². The van der Waals surface area contributed by atoms with Crippen LogP contribution in [0.15, 0.2) is 48.5 Å². The van der Waals surface area contributed by atoms with Gasteiger partial charge in [0.15, 0.2) is 6.61 Å². The van der Waals surface area contributed by atoms with Crippen LogP contribution in [0.5, 0.6) is 5.75 Å². The van der Waals surface area contributed by atoms with Gasteiger partial charge in [-0.15, -0.1) is 0 Å². The maximum Gasteiger partial charge on any atom is 0.414 e. The molecule has 0 spiro atoms. The Kier molecular flexibility index (Phi) is 9.30. The van der Waals surface area contributed by atoms with Gasteiger partial charge in [-0.25, -0.2) is 9.59 Å². The first-order valence-corrected chi connectivity index (χ1v) is 10.0. The Balaban J connectivity index is 0.000000501. The number of ether oxygens (including phenoxy) is 1. The molecule has 2 aromatic carbocycles. The fourth-order valence-corrected chi connectivity index (χ4v) is 3.00. The van der Waals surface area contributed by atoms with Crippen molar-refractivity contribution >= 4 is 29.4 Å². The van der Waals surface area contributed by atoms with Crippen LogP contribution in [0.25, 0.3) is 0 Å². The third-order valence-corrected chi connectivity index (χ3v) is 4.86. The number of carbonyl (C=O) groups is 3. The summed E-state index contributed by atoms with van der Waals surface area (Å²) in [5.74, 6) is -2.86. The first-order valence-electron chi connectivity index (χ1n) is 9.65. The van der Waals surface area contributed by atoms with Gasteiger partial charge in [0.1, 0.15) is 5.75 Å². The number of halogens is 1. The maximum atomic E-state index is 12.3. The van der Waals surface area contributed by atoms with Crippen molar-refractivity contribution in [1.29, 1.82) is 0 Å². The first kappa shape index (κ1) is 24.2. The van der Waals surface area contributed by atoms with Crippen molar-refractivity contribution in [3.63, 3.8) is 0 Å². The fraction of sp³-hybridized carbons (Fsp3) is 0.318. The number of nitrogens with zero attached hydrogens (tertiary/aromatic N) is 2. The summed E-state index contributed by atoms with van der Waals surface area (Å²) in [6.07, 6.45) is 0. The summed E-state index contributed by atoms with van der Waals surface area (Å²) in [7, 11) is 0. The third kappa shape index (κ3) is 8.65. The van der Waals surface area contributed by atoms with Crippen molar-refractivity contribution in [2.75, 3.05) is 32.8 Å². The summed E-state index contributed by atoms with van der Waals surface area (Å²) in [6, 6.07) is 15.7. The normalized spacial score (nSPS) is 13.7. The van der Waals surface area contributed by atoms with Gasteiger partial charge in [-0.2, -0.15) is 0 Å². The van der Waals surface area contributed by atoms with Crippen LogP contribution in [0.2, 0.25) is 5.02 Å². The molecule has 9 heteroatoms. The van der Waals surface area contributed by atoms with Crippen LogP contribution in [-0.4, -0.2) is 70.6 Å². The molecule has 0 atom stereocenters. The standard InChI is InChI=1S/C20H23ClN2O2.C2H2O4/c1-16-2-8-19(9-3-16)25-15-20(24)23-12-10-22(11-13-23)14-17-4-6-18(21)7-5-17;3-1(4)2(5)6/h2-9H,10-15H2,1H3;(H,3,4)(H,5,6). The summed E-state index contributed by atoms with van der Waals surface area (Å²) in [6.45, 7) is 6.24. The number of hydrogen-bond acceptors (Lipinski definition) is 5. The van der Waals surface area contributed by atoms with Gasteiger partial charge in [0.25, 0.3) is 5.91 Å². The Hall–Kier alpha value is -3.10. The molecule has 0 aromatic heterocycles. The summed E-state index contributed by atoms with van der Waals surface area (Å²) in [4.78, 5) is 34.7. The van der Waals surface area contributed by atoms with Crippen LogP contribution in [0.1, 0.15) is 11.1 Å². The SMILES string of the molecule is Cc1ccc(OCC(=O)N2CCN(Cc3ccc(Cl)cc3)CC2)cc1.O=C(O)C(=O)O. The van der Waals surface area contributed by atoms with E-state index in [1.807, 2.05) is 48.2 Å². The van der Waals surface area contributed by atoms with Gasteiger partial charge in [-0.1, -0.05) is 41.4 Å². The number of amides is 1. The molecule has 166 valence electrons. The molecule has 0 radical (unpaired) electrons. The summed E-state index contributed by atoms with van der Waals surface area (Å²) >= 11 is 5.92. The molecular formula is C22H25ClN2O6. The number of rotatable bonds is 5. The van der Waals surface area contributed by atoms with E-state index >= 15 is 0 Å². The van der Waals surface area contributed by atoms with Crippen LogP contribution in [0, 0.1) is 6.92 Å². The van der Waals surface area contributed by atoms with E-state index in [4.69, 9.17) is 36.1 Å². The second kappa shape index (κ2) is 11.9. The zero-order chi connectivity index (χ0) is 22.8. The molecule has 0 unspecified atom stereocenters. The number of carboxylic acid groups (broad SMARTS) is 2. The number of carboxylic acids is 2. The largest absolute Gasteiger partial charge is 0.484 e. The maximum absolute atomic E-state index is 12.3. The van der Waals surface area contributed by atoms with E-state index in [9.17, 15) is 4.79 Å². The van der Waals surface area contributed by atoms with Crippen molar-refractivity contribution < 1.29 is 29.3 Å². The van der Waals surface area contributed by atoms with E-state index in [0.29, 0.717) is 0 Å². The monoisotopic (exact) mass is 448 g/mol. The van der Waals surface area contributed by atoms with Gasteiger partial charge in [0.2, 0.25) is 0 Å². The van der Waals surface area contributed by atoms with Gasteiger partial charge in [0.05, 0.1) is 0 Å². The summed E-state index contributed by atoms with van der Waals surface area (Å²) in [5.41, 5.74) is 2.42. The molecule has 1 fully saturated rings. The van der Waals surface area contributed by atoms with E-state index in [0.717, 1.165) is 43.5 Å². The van der Waals surface area contributed by atoms with Crippen molar-refractivity contribution in [3.05, 3.63) is 64.7 Å². The Bertz CT molecular complexity index is 866. The van der Waals surface area contributed by atoms with E-state index < -0.39 is 11.9 Å². The van der Waals surface area contributed by atoms with Crippen molar-refractivity contribution in [1.82, 2.24) is 9.80 Å². The lowest BCUT2D eigenvalue weighted by molar-refractivity contribution is -0.159. The zero-order valence-corrected chi connectivity index (χ0v) is 17.9. The number of hydrogen-bond donors (Lipinski definition) is 2. The van der Waals surface area contributed by atoms with E-state index in [-0.39, 0.29) is 12.5 Å². The smallest absolute Gasteiger partial charge is 0.414 e. The minimum atomic E-state index is -1.82. The number of benzene rings is 2. The van der Waals surface area contributed by atoms with Crippen LogP contribution in [0.4, 0.5) is 0 Å². The van der Waals surface area contributed by atoms with Crippen LogP contribution in [-0.2, 0) is 20.9 Å². The number of piperazine rings is 1. The van der Waals surface area contributed by atoms with Gasteiger partial charge in [-0.05, 0) is 36.8 Å². The Morgan fingerprint density at radius 1 is 0.903 bits per heavy atom. The molecule has 3 rings (SSSR count). The van der Waals surface area contributed by atoms with Crippen molar-refractivity contribution in [3.8, 4) is 5.75 Å². The molecule has 0 bridgehead atoms. The zero-order valence-electron chi connectivity index (χ0n) is 17.2. The second-order valence-electron chi connectivity index (χ2n) is 7.00. The fourth-order valence-electron chi connectivity index (χ4n) is 2.87. The van der Waals surface area contributed by atoms with Gasteiger partial charge < -0.3 is 19.8 Å². The molecular weight excluding hydrogens is 424 g/mol. The van der Waals surface area contributed by atoms with Crippen LogP contribution < -0.4 is 4.74 Å². The Morgan fingerprint density at radius 3 is 1.97 bits per heavy atom. The molecule has 1 aliphatic heterocycles. The van der Waals surface area contributed by atoms with Gasteiger partial charge in [0, 0.05) is 37.7 Å². The average molecular weight is 449 g/mol. The molecule has 0 aliphatic carbocycles. The average Bonchev–Trinajstić information content (AvgIpc) is 2.75. The van der Waals surface area contributed by atoms with Gasteiger partial charge in [-0.3, -0.25) is 9.69 Å². The quantitative estimate of drug-likeness (QED) is 0.676. The summed E-state index contributed by atoms with van der Waals surface area (Å²) < 4.78 is 5.59.